The first-order valence-corrected chi connectivity index (χ1v) is 8.18. The van der Waals surface area contributed by atoms with Crippen molar-refractivity contribution in [3.8, 4) is 0 Å². The summed E-state index contributed by atoms with van der Waals surface area (Å²) in [6.45, 7) is 8.35. The predicted octanol–water partition coefficient (Wildman–Crippen LogP) is 4.31. The lowest BCUT2D eigenvalue weighted by atomic mass is 9.66. The number of Topliss-reactive ketones (excluding diaryl/α,β-unsaturated/α-hetero) is 1. The summed E-state index contributed by atoms with van der Waals surface area (Å²) in [6.07, 6.45) is 9.87. The Kier molecular flexibility index (Phi) is 7.13. The minimum Gasteiger partial charge on any atom is -0.465 e. The second kappa shape index (κ2) is 8.35. The lowest BCUT2D eigenvalue weighted by Crippen LogP contribution is -2.33. The highest BCUT2D eigenvalue weighted by atomic mass is 16.5. The van der Waals surface area contributed by atoms with E-state index in [4.69, 9.17) is 4.74 Å². The van der Waals surface area contributed by atoms with Crippen LogP contribution in [-0.4, -0.2) is 18.4 Å². The van der Waals surface area contributed by atoms with E-state index in [9.17, 15) is 9.59 Å². The summed E-state index contributed by atoms with van der Waals surface area (Å²) in [4.78, 5) is 23.6. The molecule has 0 aliphatic heterocycles. The molecule has 0 bridgehead atoms. The van der Waals surface area contributed by atoms with E-state index in [1.54, 1.807) is 6.92 Å². The van der Waals surface area contributed by atoms with Crippen molar-refractivity contribution in [2.75, 3.05) is 6.61 Å². The molecule has 120 valence electrons. The van der Waals surface area contributed by atoms with Crippen LogP contribution in [-0.2, 0) is 14.3 Å². The van der Waals surface area contributed by atoms with E-state index in [1.807, 2.05) is 26.0 Å². The third-order valence-electron chi connectivity index (χ3n) is 4.38. The van der Waals surface area contributed by atoms with Gasteiger partial charge in [0.2, 0.25) is 0 Å². The molecule has 3 nitrogen and oxygen atoms in total. The number of hydrogen-bond acceptors (Lipinski definition) is 3. The first-order chi connectivity index (χ1) is 9.85. The molecule has 1 rings (SSSR count). The second-order valence-electron chi connectivity index (χ2n) is 7.01. The summed E-state index contributed by atoms with van der Waals surface area (Å²) in [5.41, 5.74) is 0.0580. The molecule has 1 aliphatic rings. The Balaban J connectivity index is 2.56. The minimum atomic E-state index is -0.212. The van der Waals surface area contributed by atoms with Crippen molar-refractivity contribution in [2.45, 2.75) is 66.2 Å². The summed E-state index contributed by atoms with van der Waals surface area (Å²) in [5, 5.41) is 0. The molecular formula is C18H30O3. The Labute approximate surface area is 129 Å². The Morgan fingerprint density at radius 2 is 1.81 bits per heavy atom. The fourth-order valence-corrected chi connectivity index (χ4v) is 3.15. The number of carbonyl (C=O) groups excluding carboxylic acids is 2. The van der Waals surface area contributed by atoms with Crippen LogP contribution < -0.4 is 0 Å². The summed E-state index contributed by atoms with van der Waals surface area (Å²) in [5.74, 6) is 0.266. The zero-order chi connectivity index (χ0) is 15.9. The lowest BCUT2D eigenvalue weighted by molar-refractivity contribution is -0.143. The van der Waals surface area contributed by atoms with Crippen LogP contribution in [0.15, 0.2) is 12.2 Å². The molecular weight excluding hydrogens is 264 g/mol. The summed E-state index contributed by atoms with van der Waals surface area (Å²) in [7, 11) is 0. The topological polar surface area (TPSA) is 43.4 Å². The maximum absolute atomic E-state index is 12.0. The maximum Gasteiger partial charge on any atom is 0.309 e. The van der Waals surface area contributed by atoms with Crippen LogP contribution >= 0.6 is 0 Å². The fraction of sp³-hybridized carbons (Fsp3) is 0.778. The van der Waals surface area contributed by atoms with Gasteiger partial charge in [0.1, 0.15) is 5.78 Å². The van der Waals surface area contributed by atoms with Crippen LogP contribution in [0.1, 0.15) is 66.2 Å². The Hall–Kier alpha value is -1.12. The SMILES string of the molecule is CC(=O)[C@@H](/C=C/CC(=O)OCC(C)C)C1(C)CCCCC1. The van der Waals surface area contributed by atoms with Gasteiger partial charge in [0.05, 0.1) is 13.0 Å². The van der Waals surface area contributed by atoms with Gasteiger partial charge in [-0.15, -0.1) is 0 Å². The molecule has 0 unspecified atom stereocenters. The molecule has 1 saturated carbocycles. The van der Waals surface area contributed by atoms with E-state index in [0.717, 1.165) is 12.8 Å². The van der Waals surface area contributed by atoms with Crippen molar-refractivity contribution in [3.05, 3.63) is 12.2 Å². The van der Waals surface area contributed by atoms with Crippen molar-refractivity contribution >= 4 is 11.8 Å². The fourth-order valence-electron chi connectivity index (χ4n) is 3.15. The Bertz CT molecular complexity index is 376. The normalized spacial score (nSPS) is 19.7. The Morgan fingerprint density at radius 3 is 2.33 bits per heavy atom. The monoisotopic (exact) mass is 294 g/mol. The van der Waals surface area contributed by atoms with Crippen molar-refractivity contribution < 1.29 is 14.3 Å². The van der Waals surface area contributed by atoms with Crippen LogP contribution in [0.4, 0.5) is 0 Å². The molecule has 0 heterocycles. The van der Waals surface area contributed by atoms with E-state index in [-0.39, 0.29) is 29.5 Å². The zero-order valence-electron chi connectivity index (χ0n) is 14.0. The molecule has 3 heteroatoms. The van der Waals surface area contributed by atoms with Crippen LogP contribution in [0.2, 0.25) is 0 Å². The van der Waals surface area contributed by atoms with Crippen LogP contribution in [0, 0.1) is 17.3 Å². The molecule has 0 spiro atoms. The van der Waals surface area contributed by atoms with E-state index >= 15 is 0 Å². The number of rotatable bonds is 7. The van der Waals surface area contributed by atoms with E-state index in [0.29, 0.717) is 12.5 Å². The van der Waals surface area contributed by atoms with Crippen molar-refractivity contribution in [2.24, 2.45) is 17.3 Å². The molecule has 0 saturated heterocycles. The van der Waals surface area contributed by atoms with E-state index in [1.165, 1.54) is 19.3 Å². The molecule has 1 atom stereocenters. The largest absolute Gasteiger partial charge is 0.465 e. The van der Waals surface area contributed by atoms with Crippen LogP contribution in [0.25, 0.3) is 0 Å². The van der Waals surface area contributed by atoms with Gasteiger partial charge in [0.25, 0.3) is 0 Å². The van der Waals surface area contributed by atoms with Crippen molar-refractivity contribution in [3.63, 3.8) is 0 Å². The minimum absolute atomic E-state index is 0.0580. The number of esters is 1. The third-order valence-corrected chi connectivity index (χ3v) is 4.38. The van der Waals surface area contributed by atoms with Crippen LogP contribution in [0.5, 0.6) is 0 Å². The van der Waals surface area contributed by atoms with E-state index < -0.39 is 0 Å². The van der Waals surface area contributed by atoms with Gasteiger partial charge in [-0.3, -0.25) is 9.59 Å². The van der Waals surface area contributed by atoms with Gasteiger partial charge in [-0.1, -0.05) is 52.2 Å². The average Bonchev–Trinajstić information content (AvgIpc) is 2.41. The maximum atomic E-state index is 12.0. The molecule has 1 fully saturated rings. The van der Waals surface area contributed by atoms with Crippen molar-refractivity contribution in [1.29, 1.82) is 0 Å². The average molecular weight is 294 g/mol. The zero-order valence-corrected chi connectivity index (χ0v) is 14.0. The standard InChI is InChI=1S/C18H30O3/c1-14(2)13-21-17(20)10-8-9-16(15(3)19)18(4)11-6-5-7-12-18/h8-9,14,16H,5-7,10-13H2,1-4H3/b9-8+/t16-/m1/s1. The number of hydrogen-bond donors (Lipinski definition) is 0. The number of allylic oxidation sites excluding steroid dienone is 1. The smallest absolute Gasteiger partial charge is 0.309 e. The quantitative estimate of drug-likeness (QED) is 0.519. The highest BCUT2D eigenvalue weighted by molar-refractivity contribution is 5.81. The first-order valence-electron chi connectivity index (χ1n) is 8.18. The first kappa shape index (κ1) is 17.9. The van der Waals surface area contributed by atoms with Gasteiger partial charge in [-0.2, -0.15) is 0 Å². The Morgan fingerprint density at radius 1 is 1.19 bits per heavy atom. The molecule has 0 aromatic rings. The van der Waals surface area contributed by atoms with Gasteiger partial charge >= 0.3 is 5.97 Å². The highest BCUT2D eigenvalue weighted by Crippen LogP contribution is 2.43. The van der Waals surface area contributed by atoms with Gasteiger partial charge < -0.3 is 4.74 Å². The molecule has 0 aromatic heterocycles. The van der Waals surface area contributed by atoms with Gasteiger partial charge in [-0.05, 0) is 31.1 Å². The van der Waals surface area contributed by atoms with Gasteiger partial charge in [-0.25, -0.2) is 0 Å². The molecule has 1 aliphatic carbocycles. The summed E-state index contributed by atoms with van der Waals surface area (Å²) in [6, 6.07) is 0. The van der Waals surface area contributed by atoms with Crippen LogP contribution in [0.3, 0.4) is 0 Å². The third kappa shape index (κ3) is 6.03. The second-order valence-corrected chi connectivity index (χ2v) is 7.01. The molecule has 0 amide bonds. The number of ketones is 1. The molecule has 0 N–H and O–H groups in total. The molecule has 0 radical (unpaired) electrons. The summed E-state index contributed by atoms with van der Waals surface area (Å²) < 4.78 is 5.14. The van der Waals surface area contributed by atoms with Gasteiger partial charge in [0, 0.05) is 5.92 Å². The number of ether oxygens (including phenoxy) is 1. The highest BCUT2D eigenvalue weighted by Gasteiger charge is 2.36. The summed E-state index contributed by atoms with van der Waals surface area (Å²) >= 11 is 0. The van der Waals surface area contributed by atoms with Gasteiger partial charge in [0.15, 0.2) is 0 Å². The predicted molar refractivity (Wildman–Crippen MR) is 84.9 cm³/mol. The lowest BCUT2D eigenvalue weighted by Gasteiger charge is -2.38. The number of carbonyl (C=O) groups is 2. The molecule has 21 heavy (non-hydrogen) atoms. The van der Waals surface area contributed by atoms with Crippen molar-refractivity contribution in [1.82, 2.24) is 0 Å². The molecule has 0 aromatic carbocycles. The van der Waals surface area contributed by atoms with E-state index in [2.05, 4.69) is 6.92 Å².